The van der Waals surface area contributed by atoms with Crippen LogP contribution in [0.5, 0.6) is 0 Å². The first kappa shape index (κ1) is 14.7. The molecule has 0 N–H and O–H groups in total. The fourth-order valence-electron chi connectivity index (χ4n) is 3.62. The molecule has 22 heavy (non-hydrogen) atoms. The van der Waals surface area contributed by atoms with Crippen LogP contribution < -0.4 is 0 Å². The van der Waals surface area contributed by atoms with Crippen molar-refractivity contribution < 1.29 is 9.59 Å². The smallest absolute Gasteiger partial charge is 0.155 e. The third-order valence-corrected chi connectivity index (χ3v) is 5.10. The van der Waals surface area contributed by atoms with Gasteiger partial charge in [-0.1, -0.05) is 23.8 Å². The lowest BCUT2D eigenvalue weighted by Gasteiger charge is -2.40. The van der Waals surface area contributed by atoms with E-state index in [0.29, 0.717) is 24.8 Å². The van der Waals surface area contributed by atoms with E-state index in [4.69, 9.17) is 5.26 Å². The fourth-order valence-corrected chi connectivity index (χ4v) is 3.62. The van der Waals surface area contributed by atoms with Crippen LogP contribution in [0.4, 0.5) is 0 Å². The van der Waals surface area contributed by atoms with Crippen LogP contribution in [0.25, 0.3) is 0 Å². The number of hydrogen-bond donors (Lipinski definition) is 0. The number of carbonyl (C=O) groups is 2. The Morgan fingerprint density at radius 3 is 2.82 bits per heavy atom. The molecule has 0 amide bonds. The van der Waals surface area contributed by atoms with Crippen molar-refractivity contribution >= 4 is 11.6 Å². The van der Waals surface area contributed by atoms with Crippen LogP contribution in [-0.2, 0) is 9.59 Å². The molecular weight excluding hydrogens is 274 g/mol. The van der Waals surface area contributed by atoms with Crippen molar-refractivity contribution in [2.75, 3.05) is 0 Å². The molecule has 2 unspecified atom stereocenters. The van der Waals surface area contributed by atoms with E-state index in [2.05, 4.69) is 12.1 Å². The third-order valence-electron chi connectivity index (χ3n) is 5.10. The van der Waals surface area contributed by atoms with Crippen LogP contribution in [0, 0.1) is 22.7 Å². The first-order chi connectivity index (χ1) is 10.5. The zero-order valence-electron chi connectivity index (χ0n) is 12.8. The molecule has 0 bridgehead atoms. The predicted octanol–water partition coefficient (Wildman–Crippen LogP) is 3.60. The highest BCUT2D eigenvalue weighted by Gasteiger charge is 2.45. The van der Waals surface area contributed by atoms with Crippen molar-refractivity contribution in [3.8, 4) is 6.07 Å². The summed E-state index contributed by atoms with van der Waals surface area (Å²) in [7, 11) is 0. The summed E-state index contributed by atoms with van der Waals surface area (Å²) in [5.41, 5.74) is 2.34. The molecule has 0 aromatic carbocycles. The first-order valence-corrected chi connectivity index (χ1v) is 7.80. The van der Waals surface area contributed by atoms with Gasteiger partial charge in [-0.05, 0) is 50.3 Å². The van der Waals surface area contributed by atoms with Gasteiger partial charge in [-0.2, -0.15) is 5.26 Å². The summed E-state index contributed by atoms with van der Waals surface area (Å²) in [6.45, 7) is 1.99. The zero-order valence-corrected chi connectivity index (χ0v) is 12.8. The summed E-state index contributed by atoms with van der Waals surface area (Å²) in [6, 6.07) is 2.12. The molecule has 0 spiro atoms. The molecule has 0 saturated heterocycles. The highest BCUT2D eigenvalue weighted by molar-refractivity contribution is 5.99. The quantitative estimate of drug-likeness (QED) is 0.742. The minimum atomic E-state index is -0.458. The SMILES string of the molecule is CC12CCC(=O)C=C1CCC(C=C1C=CC(C#N)=CC1)C2=O. The van der Waals surface area contributed by atoms with Gasteiger partial charge in [-0.3, -0.25) is 9.59 Å². The molecule has 1 fully saturated rings. The Kier molecular flexibility index (Phi) is 3.70. The summed E-state index contributed by atoms with van der Waals surface area (Å²) in [5, 5.41) is 8.85. The molecule has 0 heterocycles. The second kappa shape index (κ2) is 5.53. The topological polar surface area (TPSA) is 57.9 Å². The number of Topliss-reactive ketones (excluding diaryl/α,β-unsaturated/α-hetero) is 1. The van der Waals surface area contributed by atoms with Crippen LogP contribution in [-0.4, -0.2) is 11.6 Å². The van der Waals surface area contributed by atoms with Gasteiger partial charge in [0.25, 0.3) is 0 Å². The van der Waals surface area contributed by atoms with Crippen molar-refractivity contribution in [3.63, 3.8) is 0 Å². The van der Waals surface area contributed by atoms with E-state index < -0.39 is 5.41 Å². The molecule has 3 aliphatic carbocycles. The number of fused-ring (bicyclic) bond motifs is 1. The molecule has 112 valence electrons. The van der Waals surface area contributed by atoms with Gasteiger partial charge in [-0.25, -0.2) is 0 Å². The van der Waals surface area contributed by atoms with E-state index in [0.717, 1.165) is 24.0 Å². The van der Waals surface area contributed by atoms with Gasteiger partial charge in [-0.15, -0.1) is 0 Å². The number of carbonyl (C=O) groups excluding carboxylic acids is 2. The zero-order chi connectivity index (χ0) is 15.7. The largest absolute Gasteiger partial charge is 0.298 e. The van der Waals surface area contributed by atoms with E-state index in [9.17, 15) is 9.59 Å². The number of nitriles is 1. The van der Waals surface area contributed by atoms with Gasteiger partial charge in [0.05, 0.1) is 6.07 Å². The summed E-state index contributed by atoms with van der Waals surface area (Å²) in [4.78, 5) is 24.5. The van der Waals surface area contributed by atoms with Gasteiger partial charge in [0.2, 0.25) is 0 Å². The van der Waals surface area contributed by atoms with E-state index in [-0.39, 0.29) is 17.5 Å². The maximum absolute atomic E-state index is 12.9. The lowest BCUT2D eigenvalue weighted by atomic mass is 9.61. The van der Waals surface area contributed by atoms with Gasteiger partial charge < -0.3 is 0 Å². The van der Waals surface area contributed by atoms with E-state index in [1.165, 1.54) is 0 Å². The van der Waals surface area contributed by atoms with E-state index >= 15 is 0 Å². The highest BCUT2D eigenvalue weighted by atomic mass is 16.1. The van der Waals surface area contributed by atoms with Gasteiger partial charge in [0.15, 0.2) is 5.78 Å². The summed E-state index contributed by atoms with van der Waals surface area (Å²) < 4.78 is 0. The Morgan fingerprint density at radius 2 is 2.14 bits per heavy atom. The van der Waals surface area contributed by atoms with Crippen molar-refractivity contribution in [2.24, 2.45) is 11.3 Å². The number of allylic oxidation sites excluding steroid dienone is 8. The second-order valence-corrected chi connectivity index (χ2v) is 6.53. The fraction of sp³-hybridized carbons (Fsp3) is 0.421. The lowest BCUT2D eigenvalue weighted by Crippen LogP contribution is -2.41. The Bertz CT molecular complexity index is 699. The number of rotatable bonds is 1. The molecule has 1 saturated carbocycles. The van der Waals surface area contributed by atoms with Crippen LogP contribution in [0.1, 0.15) is 39.0 Å². The molecule has 3 aliphatic rings. The molecule has 3 heteroatoms. The average Bonchev–Trinajstić information content (AvgIpc) is 2.53. The maximum Gasteiger partial charge on any atom is 0.155 e. The highest BCUT2D eigenvalue weighted by Crippen LogP contribution is 2.46. The van der Waals surface area contributed by atoms with E-state index in [1.54, 1.807) is 12.2 Å². The number of nitrogens with zero attached hydrogens (tertiary/aromatic N) is 1. The standard InChI is InChI=1S/C19H19NO2/c1-19-9-8-17(21)11-16(19)7-6-15(18(19)22)10-13-2-4-14(12-20)5-3-13/h2,4-5,10-11,15H,3,6-9H2,1H3. The summed E-state index contributed by atoms with van der Waals surface area (Å²) in [5.74, 6) is 0.321. The van der Waals surface area contributed by atoms with Crippen molar-refractivity contribution in [1.29, 1.82) is 5.26 Å². The molecular formula is C19H19NO2. The summed E-state index contributed by atoms with van der Waals surface area (Å²) >= 11 is 0. The van der Waals surface area contributed by atoms with Crippen LogP contribution >= 0.6 is 0 Å². The second-order valence-electron chi connectivity index (χ2n) is 6.53. The minimum Gasteiger partial charge on any atom is -0.298 e. The molecule has 3 nitrogen and oxygen atoms in total. The lowest BCUT2D eigenvalue weighted by molar-refractivity contribution is -0.131. The average molecular weight is 293 g/mol. The van der Waals surface area contributed by atoms with Crippen molar-refractivity contribution in [2.45, 2.75) is 39.0 Å². The van der Waals surface area contributed by atoms with Gasteiger partial charge in [0, 0.05) is 23.3 Å². The monoisotopic (exact) mass is 293 g/mol. The Balaban J connectivity index is 1.81. The summed E-state index contributed by atoms with van der Waals surface area (Å²) in [6.07, 6.45) is 12.8. The number of ketones is 2. The van der Waals surface area contributed by atoms with Gasteiger partial charge >= 0.3 is 0 Å². The molecule has 0 aromatic rings. The Morgan fingerprint density at radius 1 is 1.32 bits per heavy atom. The van der Waals surface area contributed by atoms with Crippen LogP contribution in [0.2, 0.25) is 0 Å². The van der Waals surface area contributed by atoms with Crippen molar-refractivity contribution in [3.05, 3.63) is 47.1 Å². The predicted molar refractivity (Wildman–Crippen MR) is 83.7 cm³/mol. The van der Waals surface area contributed by atoms with Crippen molar-refractivity contribution in [1.82, 2.24) is 0 Å². The molecule has 0 aliphatic heterocycles. The third kappa shape index (κ3) is 2.50. The number of hydrogen-bond acceptors (Lipinski definition) is 3. The minimum absolute atomic E-state index is 0.0768. The molecule has 2 atom stereocenters. The van der Waals surface area contributed by atoms with Crippen LogP contribution in [0.15, 0.2) is 47.1 Å². The Labute approximate surface area is 130 Å². The van der Waals surface area contributed by atoms with Gasteiger partial charge in [0.1, 0.15) is 5.78 Å². The van der Waals surface area contributed by atoms with E-state index in [1.807, 2.05) is 19.1 Å². The molecule has 3 rings (SSSR count). The molecule has 0 radical (unpaired) electrons. The Hall–Kier alpha value is -2.21. The first-order valence-electron chi connectivity index (χ1n) is 7.80. The normalized spacial score (nSPS) is 33.1. The van der Waals surface area contributed by atoms with Crippen LogP contribution in [0.3, 0.4) is 0 Å². The maximum atomic E-state index is 12.9. The molecule has 0 aromatic heterocycles.